The van der Waals surface area contributed by atoms with Crippen molar-refractivity contribution in [3.05, 3.63) is 53.3 Å². The predicted octanol–water partition coefficient (Wildman–Crippen LogP) is 3.30. The number of carbonyl (C=O) groups excluding carboxylic acids is 1. The van der Waals surface area contributed by atoms with E-state index in [4.69, 9.17) is 14.2 Å². The Balaban J connectivity index is 1.57. The lowest BCUT2D eigenvalue weighted by Crippen LogP contribution is -2.38. The third-order valence-corrected chi connectivity index (χ3v) is 4.95. The van der Waals surface area contributed by atoms with E-state index in [1.165, 1.54) is 13.2 Å². The van der Waals surface area contributed by atoms with Gasteiger partial charge in [-0.2, -0.15) is 0 Å². The standard InChI is InChI=1S/C22H27FN2O4/c1-4-25(14-16-5-7-20-21(11-16)29-10-9-28-20)22(26)13-24-15(2)17-6-8-19(27-3)18(23)12-17/h5-8,11-12,15,24H,4,9-10,13-14H2,1-3H3. The van der Waals surface area contributed by atoms with Gasteiger partial charge in [0.15, 0.2) is 23.1 Å². The van der Waals surface area contributed by atoms with Crippen LogP contribution in [0.15, 0.2) is 36.4 Å². The summed E-state index contributed by atoms with van der Waals surface area (Å²) in [5.41, 5.74) is 1.74. The van der Waals surface area contributed by atoms with Crippen molar-refractivity contribution in [2.24, 2.45) is 0 Å². The molecule has 156 valence electrons. The summed E-state index contributed by atoms with van der Waals surface area (Å²) >= 11 is 0. The van der Waals surface area contributed by atoms with Crippen molar-refractivity contribution in [1.29, 1.82) is 0 Å². The van der Waals surface area contributed by atoms with E-state index in [-0.39, 0.29) is 24.2 Å². The second-order valence-electron chi connectivity index (χ2n) is 6.88. The molecule has 2 aromatic rings. The molecule has 1 N–H and O–H groups in total. The Bertz CT molecular complexity index is 859. The van der Waals surface area contributed by atoms with Crippen LogP contribution in [-0.4, -0.2) is 44.2 Å². The molecule has 7 heteroatoms. The minimum atomic E-state index is -0.418. The van der Waals surface area contributed by atoms with Crippen molar-refractivity contribution in [2.75, 3.05) is 33.4 Å². The van der Waals surface area contributed by atoms with Gasteiger partial charge in [-0.25, -0.2) is 4.39 Å². The van der Waals surface area contributed by atoms with Crippen molar-refractivity contribution in [3.63, 3.8) is 0 Å². The molecule has 1 aliphatic rings. The van der Waals surface area contributed by atoms with E-state index in [2.05, 4.69) is 5.32 Å². The van der Waals surface area contributed by atoms with Crippen LogP contribution in [-0.2, 0) is 11.3 Å². The molecule has 29 heavy (non-hydrogen) atoms. The fraction of sp³-hybridized carbons (Fsp3) is 0.409. The highest BCUT2D eigenvalue weighted by Crippen LogP contribution is 2.31. The van der Waals surface area contributed by atoms with Crippen LogP contribution in [0.5, 0.6) is 17.2 Å². The molecule has 0 aromatic heterocycles. The molecule has 1 unspecified atom stereocenters. The number of amides is 1. The summed E-state index contributed by atoms with van der Waals surface area (Å²) in [6.07, 6.45) is 0. The Morgan fingerprint density at radius 2 is 1.97 bits per heavy atom. The predicted molar refractivity (Wildman–Crippen MR) is 108 cm³/mol. The molecular formula is C22H27FN2O4. The van der Waals surface area contributed by atoms with Gasteiger partial charge in [-0.15, -0.1) is 0 Å². The Labute approximate surface area is 170 Å². The first-order chi connectivity index (χ1) is 14.0. The van der Waals surface area contributed by atoms with Crippen LogP contribution in [0, 0.1) is 5.82 Å². The van der Waals surface area contributed by atoms with Gasteiger partial charge in [-0.1, -0.05) is 12.1 Å². The molecule has 0 radical (unpaired) electrons. The molecule has 0 aliphatic carbocycles. The fourth-order valence-corrected chi connectivity index (χ4v) is 3.20. The highest BCUT2D eigenvalue weighted by molar-refractivity contribution is 5.78. The van der Waals surface area contributed by atoms with Gasteiger partial charge >= 0.3 is 0 Å². The van der Waals surface area contributed by atoms with E-state index in [1.807, 2.05) is 32.0 Å². The van der Waals surface area contributed by atoms with Gasteiger partial charge in [-0.05, 0) is 49.2 Å². The number of methoxy groups -OCH3 is 1. The molecule has 1 aliphatic heterocycles. The van der Waals surface area contributed by atoms with Crippen LogP contribution in [0.2, 0.25) is 0 Å². The highest BCUT2D eigenvalue weighted by atomic mass is 19.1. The first-order valence-corrected chi connectivity index (χ1v) is 9.75. The van der Waals surface area contributed by atoms with Crippen LogP contribution >= 0.6 is 0 Å². The summed E-state index contributed by atoms with van der Waals surface area (Å²) < 4.78 is 30.0. The van der Waals surface area contributed by atoms with Crippen molar-refractivity contribution < 1.29 is 23.4 Å². The van der Waals surface area contributed by atoms with Crippen molar-refractivity contribution in [2.45, 2.75) is 26.4 Å². The number of ether oxygens (including phenoxy) is 3. The van der Waals surface area contributed by atoms with Crippen LogP contribution in [0.3, 0.4) is 0 Å². The van der Waals surface area contributed by atoms with Gasteiger partial charge < -0.3 is 24.4 Å². The first kappa shape index (κ1) is 20.9. The van der Waals surface area contributed by atoms with Crippen LogP contribution in [0.1, 0.15) is 31.0 Å². The second kappa shape index (κ2) is 9.60. The van der Waals surface area contributed by atoms with E-state index in [0.29, 0.717) is 32.1 Å². The SMILES string of the molecule is CCN(Cc1ccc2c(c1)OCCO2)C(=O)CNC(C)c1ccc(OC)c(F)c1. The average Bonchev–Trinajstić information content (AvgIpc) is 2.75. The average molecular weight is 402 g/mol. The van der Waals surface area contributed by atoms with Gasteiger partial charge in [0.1, 0.15) is 13.2 Å². The maximum Gasteiger partial charge on any atom is 0.236 e. The van der Waals surface area contributed by atoms with Gasteiger partial charge in [0.2, 0.25) is 5.91 Å². The zero-order valence-electron chi connectivity index (χ0n) is 17.0. The number of nitrogens with zero attached hydrogens (tertiary/aromatic N) is 1. The first-order valence-electron chi connectivity index (χ1n) is 9.75. The molecule has 0 bridgehead atoms. The van der Waals surface area contributed by atoms with E-state index in [9.17, 15) is 9.18 Å². The molecule has 1 atom stereocenters. The summed E-state index contributed by atoms with van der Waals surface area (Å²) in [6.45, 7) is 6.14. The van der Waals surface area contributed by atoms with E-state index >= 15 is 0 Å². The summed E-state index contributed by atoms with van der Waals surface area (Å²) in [4.78, 5) is 14.4. The van der Waals surface area contributed by atoms with E-state index < -0.39 is 5.82 Å². The number of benzene rings is 2. The lowest BCUT2D eigenvalue weighted by Gasteiger charge is -2.24. The molecule has 3 rings (SSSR count). The molecular weight excluding hydrogens is 375 g/mol. The third-order valence-electron chi connectivity index (χ3n) is 4.95. The van der Waals surface area contributed by atoms with Gasteiger partial charge in [0.25, 0.3) is 0 Å². The minimum absolute atomic E-state index is 0.0248. The normalized spacial score (nSPS) is 13.7. The maximum absolute atomic E-state index is 13.9. The molecule has 6 nitrogen and oxygen atoms in total. The highest BCUT2D eigenvalue weighted by Gasteiger charge is 2.17. The summed E-state index contributed by atoms with van der Waals surface area (Å²) in [5.74, 6) is 1.21. The lowest BCUT2D eigenvalue weighted by molar-refractivity contribution is -0.130. The van der Waals surface area contributed by atoms with Crippen molar-refractivity contribution in [1.82, 2.24) is 10.2 Å². The number of fused-ring (bicyclic) bond motifs is 1. The summed E-state index contributed by atoms with van der Waals surface area (Å²) in [7, 11) is 1.43. The zero-order valence-corrected chi connectivity index (χ0v) is 17.0. The number of halogens is 1. The number of hydrogen-bond acceptors (Lipinski definition) is 5. The zero-order chi connectivity index (χ0) is 20.8. The quantitative estimate of drug-likeness (QED) is 0.734. The van der Waals surface area contributed by atoms with Crippen molar-refractivity contribution in [3.8, 4) is 17.2 Å². The monoisotopic (exact) mass is 402 g/mol. The third kappa shape index (κ3) is 5.17. The number of carbonyl (C=O) groups is 1. The second-order valence-corrected chi connectivity index (χ2v) is 6.88. The number of likely N-dealkylation sites (N-methyl/N-ethyl adjacent to an activating group) is 1. The van der Waals surface area contributed by atoms with E-state index in [1.54, 1.807) is 17.0 Å². The van der Waals surface area contributed by atoms with Gasteiger partial charge in [0.05, 0.1) is 13.7 Å². The Kier molecular flexibility index (Phi) is 6.93. The molecule has 1 amide bonds. The largest absolute Gasteiger partial charge is 0.494 e. The fourth-order valence-electron chi connectivity index (χ4n) is 3.20. The van der Waals surface area contributed by atoms with E-state index in [0.717, 1.165) is 16.9 Å². The molecule has 1 heterocycles. The van der Waals surface area contributed by atoms with Crippen LogP contribution < -0.4 is 19.5 Å². The minimum Gasteiger partial charge on any atom is -0.494 e. The summed E-state index contributed by atoms with van der Waals surface area (Å²) in [5, 5.41) is 3.17. The summed E-state index contributed by atoms with van der Waals surface area (Å²) in [6, 6.07) is 10.4. The van der Waals surface area contributed by atoms with Gasteiger partial charge in [0, 0.05) is 19.1 Å². The number of nitrogens with one attached hydrogen (secondary N) is 1. The Morgan fingerprint density at radius 3 is 2.66 bits per heavy atom. The molecule has 0 saturated carbocycles. The maximum atomic E-state index is 13.9. The lowest BCUT2D eigenvalue weighted by atomic mass is 10.1. The smallest absolute Gasteiger partial charge is 0.236 e. The van der Waals surface area contributed by atoms with Crippen LogP contribution in [0.4, 0.5) is 4.39 Å². The van der Waals surface area contributed by atoms with Crippen molar-refractivity contribution >= 4 is 5.91 Å². The molecule has 0 fully saturated rings. The van der Waals surface area contributed by atoms with Crippen LogP contribution in [0.25, 0.3) is 0 Å². The molecule has 0 saturated heterocycles. The number of rotatable bonds is 8. The number of hydrogen-bond donors (Lipinski definition) is 1. The molecule has 0 spiro atoms. The Morgan fingerprint density at radius 1 is 1.21 bits per heavy atom. The topological polar surface area (TPSA) is 60.0 Å². The Hall–Kier alpha value is -2.80. The van der Waals surface area contributed by atoms with Gasteiger partial charge in [-0.3, -0.25) is 4.79 Å². The molecule has 2 aromatic carbocycles.